The normalized spacial score (nSPS) is 23.8. The van der Waals surface area contributed by atoms with Gasteiger partial charge in [-0.1, -0.05) is 0 Å². The molecule has 2 rings (SSSR count). The molecule has 0 aliphatic carbocycles. The van der Waals surface area contributed by atoms with Crippen molar-refractivity contribution in [1.29, 1.82) is 0 Å². The van der Waals surface area contributed by atoms with Crippen LogP contribution in [0.4, 0.5) is 5.88 Å². The van der Waals surface area contributed by atoms with Gasteiger partial charge in [0.1, 0.15) is 12.4 Å². The molecule has 0 saturated carbocycles. The van der Waals surface area contributed by atoms with E-state index < -0.39 is 0 Å². The number of nitrogens with one attached hydrogen (secondary N) is 2. The Kier molecular flexibility index (Phi) is 2.19. The first-order valence-electron chi connectivity index (χ1n) is 3.81. The molecule has 2 N–H and O–H groups in total. The summed E-state index contributed by atoms with van der Waals surface area (Å²) in [5, 5.41) is 13.0. The first kappa shape index (κ1) is 7.51. The van der Waals surface area contributed by atoms with E-state index in [1.165, 1.54) is 6.20 Å². The highest BCUT2D eigenvalue weighted by atomic mass is 16.5. The van der Waals surface area contributed by atoms with Gasteiger partial charge in [-0.3, -0.25) is 0 Å². The lowest BCUT2D eigenvalue weighted by atomic mass is 10.4. The Morgan fingerprint density at radius 1 is 1.67 bits per heavy atom. The van der Waals surface area contributed by atoms with Gasteiger partial charge in [0.2, 0.25) is 5.88 Å². The highest BCUT2D eigenvalue weighted by Crippen LogP contribution is 2.05. The molecule has 66 valence electrons. The first-order valence-corrected chi connectivity index (χ1v) is 3.81. The van der Waals surface area contributed by atoms with Crippen LogP contribution < -0.4 is 10.6 Å². The standard InChI is InChI=1S/C6H10N4O2/c1-2-11-5(3-7-1)9-6-4-8-10-12-6/h4-5,7,9H,1-3H2. The second kappa shape index (κ2) is 3.51. The van der Waals surface area contributed by atoms with E-state index in [1.807, 2.05) is 0 Å². The maximum Gasteiger partial charge on any atom is 0.247 e. The molecule has 1 atom stereocenters. The van der Waals surface area contributed by atoms with Gasteiger partial charge in [0.25, 0.3) is 0 Å². The van der Waals surface area contributed by atoms with Gasteiger partial charge in [0.05, 0.1) is 6.61 Å². The van der Waals surface area contributed by atoms with Gasteiger partial charge >= 0.3 is 0 Å². The lowest BCUT2D eigenvalue weighted by molar-refractivity contribution is 0.0452. The fourth-order valence-corrected chi connectivity index (χ4v) is 1.05. The summed E-state index contributed by atoms with van der Waals surface area (Å²) in [5.41, 5.74) is 0. The van der Waals surface area contributed by atoms with Gasteiger partial charge < -0.3 is 19.9 Å². The van der Waals surface area contributed by atoms with Gasteiger partial charge in [0.15, 0.2) is 0 Å². The molecule has 1 fully saturated rings. The molecule has 0 aromatic carbocycles. The molecule has 0 spiro atoms. The zero-order chi connectivity index (χ0) is 8.23. The lowest BCUT2D eigenvalue weighted by Crippen LogP contribution is -2.42. The third kappa shape index (κ3) is 1.72. The minimum atomic E-state index is -0.0477. The van der Waals surface area contributed by atoms with E-state index in [1.54, 1.807) is 0 Å². The van der Waals surface area contributed by atoms with Crippen molar-refractivity contribution in [2.75, 3.05) is 25.0 Å². The molecule has 12 heavy (non-hydrogen) atoms. The summed E-state index contributed by atoms with van der Waals surface area (Å²) in [6.45, 7) is 2.37. The first-order chi connectivity index (χ1) is 5.95. The van der Waals surface area contributed by atoms with Gasteiger partial charge in [-0.05, 0) is 0 Å². The molecule has 0 bridgehead atoms. The summed E-state index contributed by atoms with van der Waals surface area (Å²) in [5.74, 6) is 0.531. The fraction of sp³-hybridized carbons (Fsp3) is 0.667. The van der Waals surface area contributed by atoms with Gasteiger partial charge in [-0.2, -0.15) is 0 Å². The molecule has 2 heterocycles. The monoisotopic (exact) mass is 170 g/mol. The topological polar surface area (TPSA) is 72.2 Å². The third-order valence-corrected chi connectivity index (χ3v) is 1.59. The van der Waals surface area contributed by atoms with E-state index in [0.29, 0.717) is 12.5 Å². The van der Waals surface area contributed by atoms with E-state index in [4.69, 9.17) is 9.26 Å². The zero-order valence-corrected chi connectivity index (χ0v) is 6.49. The zero-order valence-electron chi connectivity index (χ0n) is 6.49. The number of ether oxygens (including phenoxy) is 1. The summed E-state index contributed by atoms with van der Waals surface area (Å²) in [6, 6.07) is 0. The van der Waals surface area contributed by atoms with E-state index in [2.05, 4.69) is 21.0 Å². The Balaban J connectivity index is 1.86. The summed E-state index contributed by atoms with van der Waals surface area (Å²) in [7, 11) is 0. The average molecular weight is 170 g/mol. The molecule has 1 aromatic rings. The van der Waals surface area contributed by atoms with Crippen molar-refractivity contribution in [2.24, 2.45) is 0 Å². The maximum absolute atomic E-state index is 5.36. The Morgan fingerprint density at radius 3 is 3.33 bits per heavy atom. The third-order valence-electron chi connectivity index (χ3n) is 1.59. The highest BCUT2D eigenvalue weighted by molar-refractivity contribution is 5.25. The lowest BCUT2D eigenvalue weighted by Gasteiger charge is -2.23. The molecule has 1 aromatic heterocycles. The van der Waals surface area contributed by atoms with Crippen molar-refractivity contribution in [3.05, 3.63) is 6.20 Å². The maximum atomic E-state index is 5.36. The van der Waals surface area contributed by atoms with E-state index in [0.717, 1.165) is 13.1 Å². The van der Waals surface area contributed by atoms with Crippen molar-refractivity contribution < 1.29 is 9.26 Å². The molecule has 6 nitrogen and oxygen atoms in total. The van der Waals surface area contributed by atoms with E-state index in [-0.39, 0.29) is 6.23 Å². The van der Waals surface area contributed by atoms with Gasteiger partial charge in [-0.15, -0.1) is 5.10 Å². The number of morpholine rings is 1. The Hall–Kier alpha value is -1.14. The van der Waals surface area contributed by atoms with Crippen LogP contribution in [0.2, 0.25) is 0 Å². The van der Waals surface area contributed by atoms with Crippen molar-refractivity contribution in [1.82, 2.24) is 15.7 Å². The van der Waals surface area contributed by atoms with Crippen molar-refractivity contribution >= 4 is 5.88 Å². The van der Waals surface area contributed by atoms with E-state index >= 15 is 0 Å². The minimum absolute atomic E-state index is 0.0477. The summed E-state index contributed by atoms with van der Waals surface area (Å²) < 4.78 is 10.1. The Morgan fingerprint density at radius 2 is 2.67 bits per heavy atom. The van der Waals surface area contributed by atoms with Gasteiger partial charge in [0, 0.05) is 18.4 Å². The summed E-state index contributed by atoms with van der Waals surface area (Å²) >= 11 is 0. The molecular weight excluding hydrogens is 160 g/mol. The number of hydrogen-bond acceptors (Lipinski definition) is 6. The van der Waals surface area contributed by atoms with Crippen LogP contribution in [0.15, 0.2) is 10.7 Å². The second-order valence-corrected chi connectivity index (χ2v) is 2.49. The highest BCUT2D eigenvalue weighted by Gasteiger charge is 2.13. The minimum Gasteiger partial charge on any atom is -0.356 e. The number of anilines is 1. The van der Waals surface area contributed by atoms with Crippen LogP contribution in [-0.2, 0) is 4.74 Å². The van der Waals surface area contributed by atoms with Gasteiger partial charge in [-0.25, -0.2) is 0 Å². The van der Waals surface area contributed by atoms with E-state index in [9.17, 15) is 0 Å². The molecule has 1 aliphatic heterocycles. The number of nitrogens with zero attached hydrogens (tertiary/aromatic N) is 2. The number of aromatic nitrogens is 2. The van der Waals surface area contributed by atoms with Crippen LogP contribution in [0.5, 0.6) is 0 Å². The molecule has 0 radical (unpaired) electrons. The predicted octanol–water partition coefficient (Wildman–Crippen LogP) is -0.573. The Bertz CT molecular complexity index is 219. The molecule has 6 heteroatoms. The van der Waals surface area contributed by atoms with Crippen LogP contribution in [0, 0.1) is 0 Å². The second-order valence-electron chi connectivity index (χ2n) is 2.49. The van der Waals surface area contributed by atoms with Crippen molar-refractivity contribution in [2.45, 2.75) is 6.23 Å². The molecule has 1 saturated heterocycles. The van der Waals surface area contributed by atoms with Crippen molar-refractivity contribution in [3.8, 4) is 0 Å². The van der Waals surface area contributed by atoms with Crippen LogP contribution in [0.25, 0.3) is 0 Å². The smallest absolute Gasteiger partial charge is 0.247 e. The molecule has 0 amide bonds. The van der Waals surface area contributed by atoms with Crippen LogP contribution in [0.1, 0.15) is 0 Å². The number of hydrogen-bond donors (Lipinski definition) is 2. The number of rotatable bonds is 2. The quantitative estimate of drug-likeness (QED) is 0.619. The fourth-order valence-electron chi connectivity index (χ4n) is 1.05. The summed E-state index contributed by atoms with van der Waals surface area (Å²) in [6.07, 6.45) is 1.46. The predicted molar refractivity (Wildman–Crippen MR) is 40.5 cm³/mol. The largest absolute Gasteiger partial charge is 0.356 e. The Labute approximate surface area is 69.3 Å². The molecule has 1 aliphatic rings. The van der Waals surface area contributed by atoms with Crippen LogP contribution >= 0.6 is 0 Å². The molecule has 1 unspecified atom stereocenters. The average Bonchev–Trinajstić information content (AvgIpc) is 2.59. The van der Waals surface area contributed by atoms with Crippen LogP contribution in [0.3, 0.4) is 0 Å². The van der Waals surface area contributed by atoms with Crippen LogP contribution in [-0.4, -0.2) is 36.3 Å². The molecular formula is C6H10N4O2. The van der Waals surface area contributed by atoms with Crippen molar-refractivity contribution in [3.63, 3.8) is 0 Å². The summed E-state index contributed by atoms with van der Waals surface area (Å²) in [4.78, 5) is 0. The SMILES string of the molecule is c1nnoc1NC1CNCCO1.